The maximum absolute atomic E-state index is 11.9. The molecule has 1 heterocycles. The molecule has 0 bridgehead atoms. The molecule has 0 saturated carbocycles. The van der Waals surface area contributed by atoms with E-state index in [9.17, 15) is 8.42 Å². The summed E-state index contributed by atoms with van der Waals surface area (Å²) in [5.41, 5.74) is 6.35. The van der Waals surface area contributed by atoms with Gasteiger partial charge in [0.15, 0.2) is 0 Å². The van der Waals surface area contributed by atoms with E-state index in [4.69, 9.17) is 17.3 Å². The van der Waals surface area contributed by atoms with Crippen LogP contribution in [0, 0.1) is 0 Å². The van der Waals surface area contributed by atoms with Gasteiger partial charge in [0.1, 0.15) is 4.90 Å². The molecule has 2 aromatic rings. The third kappa shape index (κ3) is 2.33. The van der Waals surface area contributed by atoms with Crippen LogP contribution >= 0.6 is 11.6 Å². The number of hydrogen-bond donors (Lipinski definition) is 2. The maximum atomic E-state index is 11.9. The van der Waals surface area contributed by atoms with E-state index >= 15 is 0 Å². The van der Waals surface area contributed by atoms with Crippen molar-refractivity contribution in [2.45, 2.75) is 4.90 Å². The van der Waals surface area contributed by atoms with Crippen molar-refractivity contribution in [3.63, 3.8) is 0 Å². The summed E-state index contributed by atoms with van der Waals surface area (Å²) in [5.74, 6) is 0. The topological polar surface area (TPSA) is 90.0 Å². The minimum Gasteiger partial charge on any atom is -0.399 e. The van der Waals surface area contributed by atoms with Crippen LogP contribution < -0.4 is 10.5 Å². The number of nitrogens with one attached hydrogen (secondary N) is 1. The summed E-state index contributed by atoms with van der Waals surface area (Å²) in [7, 11) is -2.29. The van der Waals surface area contributed by atoms with Crippen molar-refractivity contribution in [1.29, 1.82) is 0 Å². The molecular formula is C10H11ClN4O2S. The third-order valence-electron chi connectivity index (χ3n) is 2.34. The highest BCUT2D eigenvalue weighted by atomic mass is 35.5. The number of aromatic nitrogens is 2. The van der Waals surface area contributed by atoms with E-state index in [0.29, 0.717) is 16.4 Å². The van der Waals surface area contributed by atoms with Crippen LogP contribution in [-0.2, 0) is 10.0 Å². The number of rotatable bonds is 3. The number of sulfonamides is 1. The fourth-order valence-electron chi connectivity index (χ4n) is 1.48. The molecule has 1 aromatic carbocycles. The largest absolute Gasteiger partial charge is 0.399 e. The van der Waals surface area contributed by atoms with Gasteiger partial charge in [-0.05, 0) is 25.2 Å². The number of benzene rings is 1. The first kappa shape index (κ1) is 12.9. The Morgan fingerprint density at radius 1 is 1.44 bits per heavy atom. The van der Waals surface area contributed by atoms with Gasteiger partial charge < -0.3 is 5.73 Å². The van der Waals surface area contributed by atoms with Crippen molar-refractivity contribution in [2.24, 2.45) is 0 Å². The Kier molecular flexibility index (Phi) is 3.29. The summed E-state index contributed by atoms with van der Waals surface area (Å²) in [5, 5.41) is 4.39. The predicted molar refractivity (Wildman–Crippen MR) is 69.2 cm³/mol. The van der Waals surface area contributed by atoms with Crippen LogP contribution in [0.4, 0.5) is 5.69 Å². The fourth-order valence-corrected chi connectivity index (χ4v) is 2.56. The standard InChI is InChI=1S/C10H11ClN4O2S/c1-13-18(16,17)10-4-8(12)2-3-9(10)15-6-7(11)5-14-15/h2-6,13H,12H2,1H3. The molecule has 0 fully saturated rings. The molecule has 0 radical (unpaired) electrons. The lowest BCUT2D eigenvalue weighted by Gasteiger charge is -2.10. The van der Waals surface area contributed by atoms with E-state index in [1.165, 1.54) is 30.2 Å². The minimum absolute atomic E-state index is 0.0461. The van der Waals surface area contributed by atoms with E-state index < -0.39 is 10.0 Å². The fraction of sp³-hybridized carbons (Fsp3) is 0.100. The molecule has 0 aliphatic heterocycles. The Balaban J connectivity index is 2.69. The van der Waals surface area contributed by atoms with Gasteiger partial charge in [-0.25, -0.2) is 17.8 Å². The molecule has 0 amide bonds. The van der Waals surface area contributed by atoms with Crippen molar-refractivity contribution in [3.05, 3.63) is 35.6 Å². The van der Waals surface area contributed by atoms with Crippen molar-refractivity contribution in [2.75, 3.05) is 12.8 Å². The summed E-state index contributed by atoms with van der Waals surface area (Å²) < 4.78 is 27.5. The summed E-state index contributed by atoms with van der Waals surface area (Å²) in [6.45, 7) is 0. The maximum Gasteiger partial charge on any atom is 0.242 e. The first-order valence-electron chi connectivity index (χ1n) is 4.97. The Morgan fingerprint density at radius 3 is 2.72 bits per heavy atom. The van der Waals surface area contributed by atoms with Gasteiger partial charge in [0.2, 0.25) is 10.0 Å². The SMILES string of the molecule is CNS(=O)(=O)c1cc(N)ccc1-n1cc(Cl)cn1. The molecule has 0 aliphatic carbocycles. The lowest BCUT2D eigenvalue weighted by Crippen LogP contribution is -2.20. The van der Waals surface area contributed by atoms with E-state index in [-0.39, 0.29) is 4.90 Å². The summed E-state index contributed by atoms with van der Waals surface area (Å²) >= 11 is 5.77. The highest BCUT2D eigenvalue weighted by Crippen LogP contribution is 2.23. The zero-order valence-corrected chi connectivity index (χ0v) is 11.0. The normalized spacial score (nSPS) is 11.7. The van der Waals surface area contributed by atoms with Crippen LogP contribution in [-0.4, -0.2) is 25.2 Å². The Morgan fingerprint density at radius 2 is 2.17 bits per heavy atom. The van der Waals surface area contributed by atoms with Gasteiger partial charge in [-0.15, -0.1) is 0 Å². The molecule has 0 unspecified atom stereocenters. The van der Waals surface area contributed by atoms with E-state index in [0.717, 1.165) is 0 Å². The average Bonchev–Trinajstić information content (AvgIpc) is 2.75. The molecular weight excluding hydrogens is 276 g/mol. The molecule has 8 heteroatoms. The van der Waals surface area contributed by atoms with Gasteiger partial charge in [0.25, 0.3) is 0 Å². The van der Waals surface area contributed by atoms with Crippen LogP contribution in [0.5, 0.6) is 0 Å². The monoisotopic (exact) mass is 286 g/mol. The average molecular weight is 287 g/mol. The van der Waals surface area contributed by atoms with E-state index in [1.54, 1.807) is 12.1 Å². The molecule has 0 aliphatic rings. The molecule has 96 valence electrons. The summed E-state index contributed by atoms with van der Waals surface area (Å²) in [4.78, 5) is 0.0461. The number of nitrogen functional groups attached to an aromatic ring is 1. The molecule has 0 spiro atoms. The van der Waals surface area contributed by atoms with Gasteiger partial charge >= 0.3 is 0 Å². The molecule has 3 N–H and O–H groups in total. The van der Waals surface area contributed by atoms with Crippen LogP contribution in [0.2, 0.25) is 5.02 Å². The first-order chi connectivity index (χ1) is 8.44. The smallest absolute Gasteiger partial charge is 0.242 e. The second-order valence-electron chi connectivity index (χ2n) is 3.54. The number of halogens is 1. The van der Waals surface area contributed by atoms with E-state index in [1.807, 2.05) is 0 Å². The van der Waals surface area contributed by atoms with Gasteiger partial charge in [0, 0.05) is 11.9 Å². The lowest BCUT2D eigenvalue weighted by molar-refractivity contribution is 0.587. The molecule has 1 aromatic heterocycles. The number of hydrogen-bond acceptors (Lipinski definition) is 4. The zero-order valence-electron chi connectivity index (χ0n) is 9.46. The Labute approximate surface area is 109 Å². The van der Waals surface area contributed by atoms with Crippen molar-refractivity contribution in [1.82, 2.24) is 14.5 Å². The van der Waals surface area contributed by atoms with Crippen LogP contribution in [0.1, 0.15) is 0 Å². The highest BCUT2D eigenvalue weighted by molar-refractivity contribution is 7.89. The molecule has 6 nitrogen and oxygen atoms in total. The molecule has 0 atom stereocenters. The predicted octanol–water partition coefficient (Wildman–Crippen LogP) is 1.02. The van der Waals surface area contributed by atoms with Crippen molar-refractivity contribution in [3.8, 4) is 5.69 Å². The van der Waals surface area contributed by atoms with Crippen LogP contribution in [0.25, 0.3) is 5.69 Å². The number of nitrogens with zero attached hydrogens (tertiary/aromatic N) is 2. The second-order valence-corrected chi connectivity index (χ2v) is 5.83. The molecule has 18 heavy (non-hydrogen) atoms. The van der Waals surface area contributed by atoms with Gasteiger partial charge in [-0.1, -0.05) is 11.6 Å². The highest BCUT2D eigenvalue weighted by Gasteiger charge is 2.18. The zero-order chi connectivity index (χ0) is 13.3. The Bertz CT molecular complexity index is 681. The summed E-state index contributed by atoms with van der Waals surface area (Å²) in [6, 6.07) is 4.54. The van der Waals surface area contributed by atoms with Gasteiger partial charge in [-0.3, -0.25) is 0 Å². The first-order valence-corrected chi connectivity index (χ1v) is 6.84. The van der Waals surface area contributed by atoms with E-state index in [2.05, 4.69) is 9.82 Å². The summed E-state index contributed by atoms with van der Waals surface area (Å²) in [6.07, 6.45) is 2.94. The Hall–Kier alpha value is -1.57. The molecule has 0 saturated heterocycles. The minimum atomic E-state index is -3.62. The number of nitrogens with two attached hydrogens (primary N) is 1. The quantitative estimate of drug-likeness (QED) is 0.824. The second kappa shape index (κ2) is 4.60. The lowest BCUT2D eigenvalue weighted by atomic mass is 10.3. The third-order valence-corrected chi connectivity index (χ3v) is 3.98. The molecule has 2 rings (SSSR count). The van der Waals surface area contributed by atoms with Crippen LogP contribution in [0.15, 0.2) is 35.5 Å². The van der Waals surface area contributed by atoms with Gasteiger partial charge in [0.05, 0.1) is 16.9 Å². The van der Waals surface area contributed by atoms with Crippen molar-refractivity contribution < 1.29 is 8.42 Å². The van der Waals surface area contributed by atoms with Crippen molar-refractivity contribution >= 4 is 27.3 Å². The van der Waals surface area contributed by atoms with Crippen LogP contribution in [0.3, 0.4) is 0 Å². The number of anilines is 1. The van der Waals surface area contributed by atoms with Gasteiger partial charge in [-0.2, -0.15) is 5.10 Å².